The first-order valence-electron chi connectivity index (χ1n) is 8.50. The van der Waals surface area contributed by atoms with Gasteiger partial charge in [-0.25, -0.2) is 4.79 Å². The van der Waals surface area contributed by atoms with Crippen molar-refractivity contribution < 1.29 is 19.1 Å². The number of ether oxygens (including phenoxy) is 1. The number of hydrogen-bond donors (Lipinski definition) is 0. The number of halogens is 1. The summed E-state index contributed by atoms with van der Waals surface area (Å²) in [6.45, 7) is 4.02. The van der Waals surface area contributed by atoms with Crippen molar-refractivity contribution in [1.29, 1.82) is 0 Å². The molecule has 6 heteroatoms. The lowest BCUT2D eigenvalue weighted by Gasteiger charge is -2.13. The minimum Gasteiger partial charge on any atom is -0.550 e. The number of aliphatic carboxylic acids is 1. The van der Waals surface area contributed by atoms with E-state index in [1.54, 1.807) is 6.92 Å². The third kappa shape index (κ3) is 4.22. The van der Waals surface area contributed by atoms with Crippen molar-refractivity contribution in [3.63, 3.8) is 0 Å². The zero-order valence-electron chi connectivity index (χ0n) is 15.0. The van der Waals surface area contributed by atoms with E-state index in [-0.39, 0.29) is 12.8 Å². The molecule has 0 amide bonds. The second-order valence-electron chi connectivity index (χ2n) is 6.35. The minimum absolute atomic E-state index is 0.0899. The molecule has 2 aromatic carbocycles. The Morgan fingerprint density at radius 1 is 1.19 bits per heavy atom. The van der Waals surface area contributed by atoms with Gasteiger partial charge in [-0.05, 0) is 62.1 Å². The van der Waals surface area contributed by atoms with Gasteiger partial charge in [0.05, 0.1) is 0 Å². The predicted molar refractivity (Wildman–Crippen MR) is 104 cm³/mol. The molecule has 1 aromatic heterocycles. The molecule has 140 valence electrons. The Kier molecular flexibility index (Phi) is 5.65. The van der Waals surface area contributed by atoms with Crippen LogP contribution in [0.1, 0.15) is 28.7 Å². The lowest BCUT2D eigenvalue weighted by molar-refractivity contribution is -0.305. The number of aryl methyl sites for hydroxylation is 2. The van der Waals surface area contributed by atoms with E-state index < -0.39 is 11.6 Å². The molecule has 0 spiro atoms. The molecule has 0 N–H and O–H groups in total. The zero-order chi connectivity index (χ0) is 19.6. The van der Waals surface area contributed by atoms with Gasteiger partial charge in [-0.2, -0.15) is 0 Å². The molecule has 0 atom stereocenters. The number of carboxylic acid groups (broad SMARTS) is 1. The highest BCUT2D eigenvalue weighted by atomic mass is 79.9. The molecule has 1 heterocycles. The summed E-state index contributed by atoms with van der Waals surface area (Å²) < 4.78 is 12.4. The normalized spacial score (nSPS) is 10.9. The van der Waals surface area contributed by atoms with Crippen LogP contribution in [0.4, 0.5) is 0 Å². The molecular formula is C21H18BrO5-. The largest absolute Gasteiger partial charge is 0.550 e. The van der Waals surface area contributed by atoms with Gasteiger partial charge in [-0.15, -0.1) is 0 Å². The molecule has 0 aliphatic rings. The molecule has 0 saturated carbocycles. The van der Waals surface area contributed by atoms with Crippen LogP contribution in [-0.2, 0) is 17.8 Å². The van der Waals surface area contributed by atoms with Gasteiger partial charge in [0.1, 0.15) is 17.9 Å². The Morgan fingerprint density at radius 2 is 1.96 bits per heavy atom. The van der Waals surface area contributed by atoms with E-state index >= 15 is 0 Å². The Hall–Kier alpha value is -2.60. The lowest BCUT2D eigenvalue weighted by Crippen LogP contribution is -2.24. The van der Waals surface area contributed by atoms with Gasteiger partial charge in [0.15, 0.2) is 0 Å². The Labute approximate surface area is 164 Å². The highest BCUT2D eigenvalue weighted by Crippen LogP contribution is 2.30. The summed E-state index contributed by atoms with van der Waals surface area (Å²) in [6, 6.07) is 11.5. The van der Waals surface area contributed by atoms with Crippen molar-refractivity contribution >= 4 is 32.9 Å². The first-order valence-corrected chi connectivity index (χ1v) is 9.29. The summed E-state index contributed by atoms with van der Waals surface area (Å²) in [5.74, 6) is -0.561. The number of fused-ring (bicyclic) bond motifs is 1. The molecule has 0 bridgehead atoms. The molecule has 0 saturated heterocycles. The van der Waals surface area contributed by atoms with E-state index in [0.29, 0.717) is 23.5 Å². The molecule has 0 radical (unpaired) electrons. The maximum Gasteiger partial charge on any atom is 0.339 e. The zero-order valence-corrected chi connectivity index (χ0v) is 16.6. The fraction of sp³-hybridized carbons (Fsp3) is 0.238. The summed E-state index contributed by atoms with van der Waals surface area (Å²) in [5.41, 5.74) is 2.78. The summed E-state index contributed by atoms with van der Waals surface area (Å²) in [7, 11) is 0. The number of carbonyl (C=O) groups excluding carboxylic acids is 1. The molecule has 5 nitrogen and oxygen atoms in total. The highest BCUT2D eigenvalue weighted by Gasteiger charge is 2.15. The lowest BCUT2D eigenvalue weighted by atomic mass is 10.0. The van der Waals surface area contributed by atoms with Crippen molar-refractivity contribution in [2.24, 2.45) is 0 Å². The van der Waals surface area contributed by atoms with E-state index in [0.717, 1.165) is 26.5 Å². The summed E-state index contributed by atoms with van der Waals surface area (Å²) in [5, 5.41) is 11.5. The molecule has 0 aliphatic carbocycles. The molecule has 3 aromatic rings. The SMILES string of the molecule is Cc1c(CCC(=O)[O-])c(=O)oc2c(C)c(OCc3cccc(Br)c3)ccc12. The first-order chi connectivity index (χ1) is 12.9. The standard InChI is InChI=1S/C21H19BrO5/c1-12-16-6-8-18(26-11-14-4-3-5-15(22)10-14)13(2)20(16)27-21(25)17(12)7-9-19(23)24/h3-6,8,10H,7,9,11H2,1-2H3,(H,23,24)/p-1. The van der Waals surface area contributed by atoms with Crippen LogP contribution in [-0.4, -0.2) is 5.97 Å². The van der Waals surface area contributed by atoms with Crippen LogP contribution in [0.15, 0.2) is 50.1 Å². The second-order valence-corrected chi connectivity index (χ2v) is 7.26. The molecular weight excluding hydrogens is 412 g/mol. The fourth-order valence-electron chi connectivity index (χ4n) is 3.03. The van der Waals surface area contributed by atoms with Gasteiger partial charge in [0.2, 0.25) is 0 Å². The van der Waals surface area contributed by atoms with E-state index in [9.17, 15) is 14.7 Å². The highest BCUT2D eigenvalue weighted by molar-refractivity contribution is 9.10. The monoisotopic (exact) mass is 429 g/mol. The van der Waals surface area contributed by atoms with Gasteiger partial charge in [-0.1, -0.05) is 28.1 Å². The van der Waals surface area contributed by atoms with Gasteiger partial charge in [0.25, 0.3) is 0 Å². The summed E-state index contributed by atoms with van der Waals surface area (Å²) in [6.07, 6.45) is -0.128. The quantitative estimate of drug-likeness (QED) is 0.560. The van der Waals surface area contributed by atoms with Crippen LogP contribution >= 0.6 is 15.9 Å². The Morgan fingerprint density at radius 3 is 2.67 bits per heavy atom. The predicted octanol–water partition coefficient (Wildman–Crippen LogP) is 3.43. The molecule has 0 aliphatic heterocycles. The van der Waals surface area contributed by atoms with Gasteiger partial charge in [-0.3, -0.25) is 0 Å². The van der Waals surface area contributed by atoms with Gasteiger partial charge in [0, 0.05) is 27.0 Å². The van der Waals surface area contributed by atoms with Crippen molar-refractivity contribution in [3.05, 3.63) is 73.5 Å². The molecule has 0 unspecified atom stereocenters. The van der Waals surface area contributed by atoms with Crippen LogP contribution in [0.2, 0.25) is 0 Å². The third-order valence-corrected chi connectivity index (χ3v) is 5.01. The van der Waals surface area contributed by atoms with Gasteiger partial charge < -0.3 is 19.1 Å². The van der Waals surface area contributed by atoms with Gasteiger partial charge >= 0.3 is 5.63 Å². The van der Waals surface area contributed by atoms with Crippen molar-refractivity contribution in [2.75, 3.05) is 0 Å². The average molecular weight is 430 g/mol. The number of rotatable bonds is 6. The Balaban J connectivity index is 1.93. The first kappa shape index (κ1) is 19.2. The fourth-order valence-corrected chi connectivity index (χ4v) is 3.48. The number of hydrogen-bond acceptors (Lipinski definition) is 5. The average Bonchev–Trinajstić information content (AvgIpc) is 2.61. The van der Waals surface area contributed by atoms with Crippen LogP contribution in [0.25, 0.3) is 11.0 Å². The van der Waals surface area contributed by atoms with Crippen molar-refractivity contribution in [3.8, 4) is 5.75 Å². The van der Waals surface area contributed by atoms with E-state index in [2.05, 4.69) is 15.9 Å². The molecule has 0 fully saturated rings. The van der Waals surface area contributed by atoms with Crippen LogP contribution < -0.4 is 15.5 Å². The van der Waals surface area contributed by atoms with Crippen LogP contribution in [0, 0.1) is 13.8 Å². The number of carboxylic acids is 1. The smallest absolute Gasteiger partial charge is 0.339 e. The molecule has 3 rings (SSSR count). The van der Waals surface area contributed by atoms with E-state index in [1.165, 1.54) is 0 Å². The maximum atomic E-state index is 12.3. The van der Waals surface area contributed by atoms with E-state index in [4.69, 9.17) is 9.15 Å². The maximum absolute atomic E-state index is 12.3. The second kappa shape index (κ2) is 7.96. The van der Waals surface area contributed by atoms with Crippen molar-refractivity contribution in [2.45, 2.75) is 33.3 Å². The third-order valence-electron chi connectivity index (χ3n) is 4.52. The van der Waals surface area contributed by atoms with Crippen molar-refractivity contribution in [1.82, 2.24) is 0 Å². The summed E-state index contributed by atoms with van der Waals surface area (Å²) >= 11 is 3.43. The number of benzene rings is 2. The Bertz CT molecular complexity index is 1070. The summed E-state index contributed by atoms with van der Waals surface area (Å²) in [4.78, 5) is 23.0. The van der Waals surface area contributed by atoms with Crippen LogP contribution in [0.5, 0.6) is 5.75 Å². The molecule has 27 heavy (non-hydrogen) atoms. The van der Waals surface area contributed by atoms with E-state index in [1.807, 2.05) is 43.3 Å². The van der Waals surface area contributed by atoms with Crippen LogP contribution in [0.3, 0.4) is 0 Å². The minimum atomic E-state index is -1.19. The topological polar surface area (TPSA) is 79.6 Å². The number of carbonyl (C=O) groups is 1.